The van der Waals surface area contributed by atoms with E-state index in [-0.39, 0.29) is 18.4 Å². The highest BCUT2D eigenvalue weighted by Gasteiger charge is 2.41. The summed E-state index contributed by atoms with van der Waals surface area (Å²) in [6.07, 6.45) is -2.49. The number of aryl methyl sites for hydroxylation is 2. The fourth-order valence-electron chi connectivity index (χ4n) is 4.48. The molecule has 1 saturated heterocycles. The van der Waals surface area contributed by atoms with Gasteiger partial charge >= 0.3 is 17.6 Å². The predicted octanol–water partition coefficient (Wildman–Crippen LogP) is 4.44. The van der Waals surface area contributed by atoms with Crippen LogP contribution >= 0.6 is 15.9 Å². The Morgan fingerprint density at radius 3 is 2.21 bits per heavy atom. The van der Waals surface area contributed by atoms with Crippen LogP contribution in [0.2, 0.25) is 0 Å². The predicted molar refractivity (Wildman–Crippen MR) is 147 cm³/mol. The lowest BCUT2D eigenvalue weighted by Gasteiger charge is -2.19. The molecule has 2 heterocycles. The van der Waals surface area contributed by atoms with Crippen LogP contribution in [0, 0.1) is 13.8 Å². The maximum atomic E-state index is 12.9. The first-order chi connectivity index (χ1) is 18.7. The second-order valence-corrected chi connectivity index (χ2v) is 10.3. The molecular formula is C29H25BrN2O7. The minimum absolute atomic E-state index is 0.0987. The molecule has 0 saturated carbocycles. The van der Waals surface area contributed by atoms with Crippen molar-refractivity contribution in [3.05, 3.63) is 114 Å². The zero-order chi connectivity index (χ0) is 27.7. The van der Waals surface area contributed by atoms with Crippen molar-refractivity contribution in [2.45, 2.75) is 38.7 Å². The van der Waals surface area contributed by atoms with Crippen LogP contribution in [-0.2, 0) is 14.2 Å². The van der Waals surface area contributed by atoms with E-state index >= 15 is 0 Å². The summed E-state index contributed by atoms with van der Waals surface area (Å²) < 4.78 is 19.5. The van der Waals surface area contributed by atoms with Crippen LogP contribution in [0.25, 0.3) is 10.9 Å². The molecule has 0 spiro atoms. The third kappa shape index (κ3) is 5.71. The Labute approximate surface area is 231 Å². The van der Waals surface area contributed by atoms with Crippen LogP contribution in [0.5, 0.6) is 0 Å². The van der Waals surface area contributed by atoms with Gasteiger partial charge in [-0.2, -0.15) is 0 Å². The minimum atomic E-state index is -0.892. The lowest BCUT2D eigenvalue weighted by Crippen LogP contribution is -2.33. The van der Waals surface area contributed by atoms with E-state index in [4.69, 9.17) is 14.2 Å². The largest absolute Gasteiger partial charge is 0.459 e. The van der Waals surface area contributed by atoms with Gasteiger partial charge in [0.05, 0.1) is 22.0 Å². The van der Waals surface area contributed by atoms with Gasteiger partial charge in [-0.1, -0.05) is 51.3 Å². The van der Waals surface area contributed by atoms with Crippen molar-refractivity contribution in [1.82, 2.24) is 9.55 Å². The summed E-state index contributed by atoms with van der Waals surface area (Å²) in [6, 6.07) is 18.8. The van der Waals surface area contributed by atoms with Gasteiger partial charge in [-0.05, 0) is 56.3 Å². The first-order valence-corrected chi connectivity index (χ1v) is 13.1. The summed E-state index contributed by atoms with van der Waals surface area (Å²) in [5.41, 5.74) is 1.89. The molecule has 200 valence electrons. The van der Waals surface area contributed by atoms with Crippen LogP contribution < -0.4 is 11.2 Å². The van der Waals surface area contributed by atoms with Gasteiger partial charge in [-0.25, -0.2) is 14.4 Å². The summed E-state index contributed by atoms with van der Waals surface area (Å²) in [7, 11) is 0. The molecule has 1 N–H and O–H groups in total. The number of hydrogen-bond donors (Lipinski definition) is 1. The number of ether oxygens (including phenoxy) is 3. The monoisotopic (exact) mass is 592 g/mol. The summed E-state index contributed by atoms with van der Waals surface area (Å²) in [6.45, 7) is 3.61. The number of carbonyl (C=O) groups excluding carboxylic acids is 2. The molecule has 1 aromatic heterocycles. The molecule has 3 atom stereocenters. The fourth-order valence-corrected chi connectivity index (χ4v) is 4.84. The van der Waals surface area contributed by atoms with E-state index in [0.29, 0.717) is 21.1 Å². The number of nitrogens with zero attached hydrogens (tertiary/aromatic N) is 1. The zero-order valence-electron chi connectivity index (χ0n) is 21.2. The molecule has 0 radical (unpaired) electrons. The Hall–Kier alpha value is -4.02. The first kappa shape index (κ1) is 26.6. The van der Waals surface area contributed by atoms with Crippen LogP contribution in [0.15, 0.2) is 80.8 Å². The number of H-pyrrole nitrogens is 1. The van der Waals surface area contributed by atoms with Gasteiger partial charge in [0.15, 0.2) is 0 Å². The number of hydrogen-bond acceptors (Lipinski definition) is 7. The molecule has 1 fully saturated rings. The van der Waals surface area contributed by atoms with Crippen molar-refractivity contribution in [1.29, 1.82) is 0 Å². The Morgan fingerprint density at radius 1 is 0.949 bits per heavy atom. The molecule has 1 aliphatic heterocycles. The number of esters is 2. The smallest absolute Gasteiger partial charge is 0.338 e. The van der Waals surface area contributed by atoms with Gasteiger partial charge in [0.2, 0.25) is 0 Å². The molecule has 0 amide bonds. The minimum Gasteiger partial charge on any atom is -0.459 e. The second kappa shape index (κ2) is 11.0. The number of aromatic nitrogens is 2. The third-order valence-electron chi connectivity index (χ3n) is 6.58. The van der Waals surface area contributed by atoms with E-state index < -0.39 is 41.6 Å². The van der Waals surface area contributed by atoms with Crippen molar-refractivity contribution in [2.75, 3.05) is 6.61 Å². The van der Waals surface area contributed by atoms with Gasteiger partial charge < -0.3 is 14.2 Å². The Balaban J connectivity index is 1.43. The number of nitrogens with one attached hydrogen (secondary N) is 1. The molecule has 4 aromatic rings. The highest BCUT2D eigenvalue weighted by Crippen LogP contribution is 2.33. The lowest BCUT2D eigenvalue weighted by atomic mass is 10.1. The topological polar surface area (TPSA) is 117 Å². The molecule has 9 nitrogen and oxygen atoms in total. The average molecular weight is 593 g/mol. The second-order valence-electron chi connectivity index (χ2n) is 9.43. The van der Waals surface area contributed by atoms with E-state index in [0.717, 1.165) is 11.1 Å². The van der Waals surface area contributed by atoms with Crippen LogP contribution in [0.4, 0.5) is 0 Å². The molecule has 39 heavy (non-hydrogen) atoms. The number of rotatable bonds is 6. The molecule has 0 unspecified atom stereocenters. The van der Waals surface area contributed by atoms with Gasteiger partial charge in [0, 0.05) is 10.9 Å². The maximum absolute atomic E-state index is 12.9. The Bertz CT molecular complexity index is 1660. The SMILES string of the molecule is Cc1ccc(C(=O)OC[C@H]2O[C@H](n3c(=O)[nH]c(=O)c4cc(Br)ccc43)C[C@@H]2OC(=O)c2ccc(C)cc2)cc1. The summed E-state index contributed by atoms with van der Waals surface area (Å²) in [4.78, 5) is 53.3. The fraction of sp³-hybridized carbons (Fsp3) is 0.241. The van der Waals surface area contributed by atoms with Gasteiger partial charge in [-0.15, -0.1) is 0 Å². The standard InChI is InChI=1S/C29H25BrN2O7/c1-16-3-7-18(8-4-16)27(34)37-15-24-23(39-28(35)19-9-5-17(2)6-10-19)14-25(38-24)32-22-12-11-20(30)13-21(22)26(33)31-29(32)36/h3-13,23-25H,14-15H2,1-2H3,(H,31,33,36)/t23-,24+,25-/m0/s1. The number of carbonyl (C=O) groups is 2. The molecule has 3 aromatic carbocycles. The van der Waals surface area contributed by atoms with Gasteiger partial charge in [-0.3, -0.25) is 14.3 Å². The van der Waals surface area contributed by atoms with Crippen molar-refractivity contribution in [3.63, 3.8) is 0 Å². The van der Waals surface area contributed by atoms with Crippen LogP contribution in [0.3, 0.4) is 0 Å². The number of fused-ring (bicyclic) bond motifs is 1. The quantitative estimate of drug-likeness (QED) is 0.329. The van der Waals surface area contributed by atoms with Gasteiger partial charge in [0.25, 0.3) is 5.56 Å². The summed E-state index contributed by atoms with van der Waals surface area (Å²) in [5, 5.41) is 0.287. The van der Waals surface area contributed by atoms with Crippen molar-refractivity contribution >= 4 is 38.8 Å². The van der Waals surface area contributed by atoms with E-state index in [9.17, 15) is 19.2 Å². The summed E-state index contributed by atoms with van der Waals surface area (Å²) in [5.74, 6) is -1.12. The highest BCUT2D eigenvalue weighted by molar-refractivity contribution is 9.10. The van der Waals surface area contributed by atoms with E-state index in [1.54, 1.807) is 66.7 Å². The van der Waals surface area contributed by atoms with Crippen molar-refractivity contribution < 1.29 is 23.8 Å². The maximum Gasteiger partial charge on any atom is 0.338 e. The lowest BCUT2D eigenvalue weighted by molar-refractivity contribution is -0.0571. The molecule has 10 heteroatoms. The number of aromatic amines is 1. The molecular weight excluding hydrogens is 568 g/mol. The molecule has 0 aliphatic carbocycles. The van der Waals surface area contributed by atoms with Crippen LogP contribution in [-0.4, -0.2) is 40.3 Å². The molecule has 0 bridgehead atoms. The van der Waals surface area contributed by atoms with Crippen molar-refractivity contribution in [3.8, 4) is 0 Å². The Morgan fingerprint density at radius 2 is 1.56 bits per heavy atom. The highest BCUT2D eigenvalue weighted by atomic mass is 79.9. The third-order valence-corrected chi connectivity index (χ3v) is 7.08. The van der Waals surface area contributed by atoms with Gasteiger partial charge in [0.1, 0.15) is 25.0 Å². The van der Waals surface area contributed by atoms with E-state index in [2.05, 4.69) is 20.9 Å². The van der Waals surface area contributed by atoms with Crippen molar-refractivity contribution in [2.24, 2.45) is 0 Å². The Kier molecular flexibility index (Phi) is 7.49. The molecule has 5 rings (SSSR count). The van der Waals surface area contributed by atoms with E-state index in [1.807, 2.05) is 13.8 Å². The number of benzene rings is 3. The zero-order valence-corrected chi connectivity index (χ0v) is 22.8. The average Bonchev–Trinajstić information content (AvgIpc) is 3.30. The number of halogens is 1. The summed E-state index contributed by atoms with van der Waals surface area (Å²) >= 11 is 3.35. The molecule has 1 aliphatic rings. The normalized spacial score (nSPS) is 18.7. The van der Waals surface area contributed by atoms with E-state index in [1.165, 1.54) is 4.57 Å². The first-order valence-electron chi connectivity index (χ1n) is 12.3. The van der Waals surface area contributed by atoms with Crippen LogP contribution in [0.1, 0.15) is 44.5 Å².